The minimum absolute atomic E-state index is 0.0279. The Morgan fingerprint density at radius 2 is 2.15 bits per heavy atom. The number of pyridine rings is 1. The first kappa shape index (κ1) is 24.8. The number of hydrogen-bond acceptors (Lipinski definition) is 7. The summed E-state index contributed by atoms with van der Waals surface area (Å²) in [6.07, 6.45) is 2.89. The van der Waals surface area contributed by atoms with Crippen molar-refractivity contribution in [3.63, 3.8) is 0 Å². The Labute approximate surface area is 205 Å². The third-order valence-corrected chi connectivity index (χ3v) is 7.28. The maximum absolute atomic E-state index is 13.5. The standard InChI is InChI=1S/C25H34N4O4S/c1-17(2)23-10-19(7-9-32-23)25(31)29-13-22(33-15-20-6-4-5-8-26-20)12-28(24(30)14-29)11-21-16-34-18(3)27-21/h4-6,8,16-17,19,22-23H,7,9-15H2,1-3H3/t19-,22-,23+/m1/s1. The summed E-state index contributed by atoms with van der Waals surface area (Å²) in [5, 5.41) is 2.95. The monoisotopic (exact) mass is 486 g/mol. The molecule has 3 atom stereocenters. The second-order valence-electron chi connectivity index (χ2n) is 9.48. The lowest BCUT2D eigenvalue weighted by Crippen LogP contribution is -2.45. The van der Waals surface area contributed by atoms with Crippen LogP contribution in [0.3, 0.4) is 0 Å². The van der Waals surface area contributed by atoms with Crippen molar-refractivity contribution in [1.29, 1.82) is 0 Å². The van der Waals surface area contributed by atoms with Crippen molar-refractivity contribution in [2.24, 2.45) is 11.8 Å². The van der Waals surface area contributed by atoms with Gasteiger partial charge in [-0.25, -0.2) is 4.98 Å². The first-order valence-electron chi connectivity index (χ1n) is 12.0. The molecule has 4 rings (SSSR count). The van der Waals surface area contributed by atoms with E-state index >= 15 is 0 Å². The van der Waals surface area contributed by atoms with Crippen molar-refractivity contribution >= 4 is 23.2 Å². The van der Waals surface area contributed by atoms with Crippen molar-refractivity contribution in [2.75, 3.05) is 26.2 Å². The van der Waals surface area contributed by atoms with Gasteiger partial charge in [0.05, 0.1) is 48.3 Å². The normalized spacial score (nSPS) is 23.9. The van der Waals surface area contributed by atoms with Crippen LogP contribution in [0.25, 0.3) is 0 Å². The van der Waals surface area contributed by atoms with Gasteiger partial charge in [0.2, 0.25) is 11.8 Å². The zero-order valence-electron chi connectivity index (χ0n) is 20.2. The number of ether oxygens (including phenoxy) is 2. The molecule has 0 radical (unpaired) electrons. The van der Waals surface area contributed by atoms with Gasteiger partial charge in [-0.1, -0.05) is 19.9 Å². The average molecular weight is 487 g/mol. The van der Waals surface area contributed by atoms with Crippen LogP contribution in [-0.4, -0.2) is 70.0 Å². The Kier molecular flexibility index (Phi) is 8.28. The highest BCUT2D eigenvalue weighted by atomic mass is 32.1. The first-order valence-corrected chi connectivity index (χ1v) is 12.9. The molecule has 2 amide bonds. The van der Waals surface area contributed by atoms with Crippen molar-refractivity contribution in [3.8, 4) is 0 Å². The highest BCUT2D eigenvalue weighted by molar-refractivity contribution is 7.09. The summed E-state index contributed by atoms with van der Waals surface area (Å²) in [6.45, 7) is 8.38. The van der Waals surface area contributed by atoms with Gasteiger partial charge in [-0.05, 0) is 37.8 Å². The fourth-order valence-electron chi connectivity index (χ4n) is 4.54. The number of nitrogens with zero attached hydrogens (tertiary/aromatic N) is 4. The van der Waals surface area contributed by atoms with Crippen molar-refractivity contribution in [3.05, 3.63) is 46.2 Å². The summed E-state index contributed by atoms with van der Waals surface area (Å²) in [7, 11) is 0. The van der Waals surface area contributed by atoms with Gasteiger partial charge in [-0.2, -0.15) is 0 Å². The Bertz CT molecular complexity index is 967. The van der Waals surface area contributed by atoms with Crippen LogP contribution in [0.15, 0.2) is 29.8 Å². The molecule has 0 aliphatic carbocycles. The molecule has 2 saturated heterocycles. The lowest BCUT2D eigenvalue weighted by Gasteiger charge is -2.34. The van der Waals surface area contributed by atoms with Gasteiger partial charge in [-0.3, -0.25) is 14.6 Å². The smallest absolute Gasteiger partial charge is 0.242 e. The Balaban J connectivity index is 1.48. The summed E-state index contributed by atoms with van der Waals surface area (Å²) >= 11 is 1.57. The summed E-state index contributed by atoms with van der Waals surface area (Å²) in [5.74, 6) is 0.182. The van der Waals surface area contributed by atoms with Crippen LogP contribution in [-0.2, 0) is 32.2 Å². The lowest BCUT2D eigenvalue weighted by molar-refractivity contribution is -0.146. The van der Waals surface area contributed by atoms with Crippen LogP contribution in [0.4, 0.5) is 0 Å². The fourth-order valence-corrected chi connectivity index (χ4v) is 5.15. The second-order valence-corrected chi connectivity index (χ2v) is 10.5. The zero-order chi connectivity index (χ0) is 24.1. The Hall–Kier alpha value is -2.36. The Morgan fingerprint density at radius 3 is 2.85 bits per heavy atom. The van der Waals surface area contributed by atoms with Crippen molar-refractivity contribution < 1.29 is 19.1 Å². The lowest BCUT2D eigenvalue weighted by atomic mass is 9.89. The van der Waals surface area contributed by atoms with Gasteiger partial charge in [0.15, 0.2) is 0 Å². The predicted octanol–water partition coefficient (Wildman–Crippen LogP) is 3.05. The highest BCUT2D eigenvalue weighted by Crippen LogP contribution is 2.27. The number of aromatic nitrogens is 2. The van der Waals surface area contributed by atoms with E-state index in [4.69, 9.17) is 9.47 Å². The maximum Gasteiger partial charge on any atom is 0.242 e. The number of hydrogen-bond donors (Lipinski definition) is 0. The SMILES string of the molecule is Cc1nc(CN2C[C@@H](OCc3ccccn3)CN(C(=O)[C@@H]3CCO[C@H](C(C)C)C3)CC2=O)cs1. The van der Waals surface area contributed by atoms with E-state index in [-0.39, 0.29) is 36.5 Å². The molecular weight excluding hydrogens is 452 g/mol. The summed E-state index contributed by atoms with van der Waals surface area (Å²) in [4.78, 5) is 39.1. The molecule has 2 aliphatic heterocycles. The molecule has 2 aromatic heterocycles. The number of carbonyl (C=O) groups excluding carboxylic acids is 2. The van der Waals surface area contributed by atoms with Gasteiger partial charge in [0.1, 0.15) is 0 Å². The van der Waals surface area contributed by atoms with Crippen LogP contribution in [0.1, 0.15) is 43.1 Å². The number of carbonyl (C=O) groups is 2. The molecule has 184 valence electrons. The molecule has 0 bridgehead atoms. The fraction of sp³-hybridized carbons (Fsp3) is 0.600. The Morgan fingerprint density at radius 1 is 1.29 bits per heavy atom. The third kappa shape index (κ3) is 6.40. The molecule has 0 aromatic carbocycles. The summed E-state index contributed by atoms with van der Waals surface area (Å²) in [6, 6.07) is 5.70. The molecule has 2 fully saturated rings. The molecule has 9 heteroatoms. The van der Waals surface area contributed by atoms with Crippen LogP contribution < -0.4 is 0 Å². The number of amides is 2. The molecule has 0 saturated carbocycles. The van der Waals surface area contributed by atoms with Gasteiger partial charge >= 0.3 is 0 Å². The zero-order valence-corrected chi connectivity index (χ0v) is 21.0. The van der Waals surface area contributed by atoms with Crippen LogP contribution in [0, 0.1) is 18.8 Å². The first-order chi connectivity index (χ1) is 16.4. The van der Waals surface area contributed by atoms with E-state index in [1.165, 1.54) is 0 Å². The minimum Gasteiger partial charge on any atom is -0.378 e. The molecule has 34 heavy (non-hydrogen) atoms. The van der Waals surface area contributed by atoms with Crippen LogP contribution in [0.2, 0.25) is 0 Å². The number of aryl methyl sites for hydroxylation is 1. The van der Waals surface area contributed by atoms with Crippen molar-refractivity contribution in [2.45, 2.75) is 59.0 Å². The third-order valence-electron chi connectivity index (χ3n) is 6.46. The maximum atomic E-state index is 13.5. The molecule has 0 N–H and O–H groups in total. The van der Waals surface area contributed by atoms with Crippen molar-refractivity contribution in [1.82, 2.24) is 19.8 Å². The predicted molar refractivity (Wildman–Crippen MR) is 129 cm³/mol. The average Bonchev–Trinajstić information content (AvgIpc) is 3.18. The molecule has 0 spiro atoms. The second kappa shape index (κ2) is 11.4. The van der Waals surface area contributed by atoms with E-state index in [1.54, 1.807) is 27.3 Å². The van der Waals surface area contributed by atoms with Crippen LogP contribution >= 0.6 is 11.3 Å². The largest absolute Gasteiger partial charge is 0.378 e. The summed E-state index contributed by atoms with van der Waals surface area (Å²) < 4.78 is 12.1. The van der Waals surface area contributed by atoms with Crippen LogP contribution in [0.5, 0.6) is 0 Å². The number of rotatable bonds is 7. The van der Waals surface area contributed by atoms with E-state index in [1.807, 2.05) is 30.5 Å². The summed E-state index contributed by atoms with van der Waals surface area (Å²) in [5.41, 5.74) is 1.69. The highest BCUT2D eigenvalue weighted by Gasteiger charge is 2.36. The molecular formula is C25H34N4O4S. The van der Waals surface area contributed by atoms with E-state index < -0.39 is 0 Å². The molecule has 2 aromatic rings. The number of thiazole rings is 1. The molecule has 4 heterocycles. The topological polar surface area (TPSA) is 84.9 Å². The van der Waals surface area contributed by atoms with Gasteiger partial charge in [-0.15, -0.1) is 11.3 Å². The molecule has 0 unspecified atom stereocenters. The van der Waals surface area contributed by atoms with Gasteiger partial charge in [0.25, 0.3) is 0 Å². The van der Waals surface area contributed by atoms with Gasteiger partial charge in [0, 0.05) is 37.2 Å². The van der Waals surface area contributed by atoms with E-state index in [0.29, 0.717) is 51.6 Å². The molecule has 8 nitrogen and oxygen atoms in total. The van der Waals surface area contributed by atoms with Gasteiger partial charge < -0.3 is 19.3 Å². The molecule has 2 aliphatic rings. The van der Waals surface area contributed by atoms with E-state index in [0.717, 1.165) is 16.4 Å². The van der Waals surface area contributed by atoms with E-state index in [2.05, 4.69) is 23.8 Å². The van der Waals surface area contributed by atoms with E-state index in [9.17, 15) is 9.59 Å². The minimum atomic E-state index is -0.308. The quantitative estimate of drug-likeness (QED) is 0.598.